The molecule has 2 atom stereocenters. The lowest BCUT2D eigenvalue weighted by Crippen LogP contribution is -2.45. The van der Waals surface area contributed by atoms with Crippen LogP contribution in [0, 0.1) is 0 Å². The molecule has 0 aliphatic carbocycles. The number of benzene rings is 1. The van der Waals surface area contributed by atoms with E-state index in [2.05, 4.69) is 0 Å². The molecule has 0 N–H and O–H groups in total. The Kier molecular flexibility index (Phi) is 4.63. The molecular weight excluding hydrogens is 270 g/mol. The van der Waals surface area contributed by atoms with Crippen molar-refractivity contribution in [2.24, 2.45) is 0 Å². The number of amides is 1. The van der Waals surface area contributed by atoms with Crippen molar-refractivity contribution in [1.82, 2.24) is 4.90 Å². The zero-order valence-corrected chi connectivity index (χ0v) is 12.7. The first-order valence-electron chi connectivity index (χ1n) is 7.15. The van der Waals surface area contributed by atoms with Gasteiger partial charge < -0.3 is 14.4 Å². The summed E-state index contributed by atoms with van der Waals surface area (Å²) in [6, 6.07) is 9.65. The lowest BCUT2D eigenvalue weighted by Gasteiger charge is -2.32. The third-order valence-electron chi connectivity index (χ3n) is 3.58. The van der Waals surface area contributed by atoms with Gasteiger partial charge in [-0.05, 0) is 26.3 Å². The zero-order valence-electron chi connectivity index (χ0n) is 12.7. The summed E-state index contributed by atoms with van der Waals surface area (Å²) >= 11 is 0. The number of carbonyl (C=O) groups is 2. The van der Waals surface area contributed by atoms with Crippen molar-refractivity contribution in [3.8, 4) is 0 Å². The first kappa shape index (κ1) is 15.5. The molecule has 5 nitrogen and oxygen atoms in total. The van der Waals surface area contributed by atoms with Gasteiger partial charge >= 0.3 is 5.97 Å². The van der Waals surface area contributed by atoms with Crippen LogP contribution in [0.5, 0.6) is 0 Å². The lowest BCUT2D eigenvalue weighted by atomic mass is 10.1. The summed E-state index contributed by atoms with van der Waals surface area (Å²) < 4.78 is 10.7. The van der Waals surface area contributed by atoms with Gasteiger partial charge in [-0.15, -0.1) is 0 Å². The average Bonchev–Trinajstić information content (AvgIpc) is 2.63. The highest BCUT2D eigenvalue weighted by molar-refractivity contribution is 5.84. The molecule has 0 saturated carbocycles. The van der Waals surface area contributed by atoms with Crippen LogP contribution < -0.4 is 0 Å². The Balaban J connectivity index is 2.18. The van der Waals surface area contributed by atoms with Gasteiger partial charge in [0.15, 0.2) is 5.72 Å². The predicted molar refractivity (Wildman–Crippen MR) is 77.2 cm³/mol. The SMILES string of the molecule is CCOC(=O)C[C@@]1(C)O[C@@H](C)C(=O)N1Cc1ccccc1. The number of esters is 1. The highest BCUT2D eigenvalue weighted by atomic mass is 16.6. The summed E-state index contributed by atoms with van der Waals surface area (Å²) in [5.74, 6) is -0.467. The summed E-state index contributed by atoms with van der Waals surface area (Å²) in [4.78, 5) is 25.7. The zero-order chi connectivity index (χ0) is 15.5. The van der Waals surface area contributed by atoms with E-state index < -0.39 is 11.8 Å². The van der Waals surface area contributed by atoms with E-state index >= 15 is 0 Å². The van der Waals surface area contributed by atoms with Gasteiger partial charge in [-0.1, -0.05) is 30.3 Å². The number of ether oxygens (including phenoxy) is 2. The topological polar surface area (TPSA) is 55.8 Å². The van der Waals surface area contributed by atoms with Crippen LogP contribution in [0.25, 0.3) is 0 Å². The molecule has 1 aliphatic heterocycles. The molecule has 0 bridgehead atoms. The van der Waals surface area contributed by atoms with E-state index in [9.17, 15) is 9.59 Å². The molecule has 114 valence electrons. The van der Waals surface area contributed by atoms with Crippen molar-refractivity contribution in [2.75, 3.05) is 6.61 Å². The normalized spacial score (nSPS) is 25.2. The van der Waals surface area contributed by atoms with E-state index in [1.165, 1.54) is 0 Å². The molecule has 1 fully saturated rings. The molecule has 1 saturated heterocycles. The van der Waals surface area contributed by atoms with Gasteiger partial charge in [0.1, 0.15) is 6.10 Å². The second-order valence-electron chi connectivity index (χ2n) is 5.33. The van der Waals surface area contributed by atoms with E-state index in [-0.39, 0.29) is 18.3 Å². The Morgan fingerprint density at radius 2 is 2.05 bits per heavy atom. The van der Waals surface area contributed by atoms with Crippen LogP contribution in [-0.2, 0) is 25.6 Å². The molecule has 0 spiro atoms. The van der Waals surface area contributed by atoms with Crippen LogP contribution in [-0.4, -0.2) is 35.2 Å². The van der Waals surface area contributed by atoms with Crippen molar-refractivity contribution >= 4 is 11.9 Å². The van der Waals surface area contributed by atoms with E-state index in [1.54, 1.807) is 25.7 Å². The Bertz CT molecular complexity index is 516. The van der Waals surface area contributed by atoms with E-state index in [0.717, 1.165) is 5.56 Å². The summed E-state index contributed by atoms with van der Waals surface area (Å²) in [6.07, 6.45) is -0.517. The molecule has 1 heterocycles. The minimum absolute atomic E-state index is 0.0315. The van der Waals surface area contributed by atoms with Gasteiger partial charge in [-0.2, -0.15) is 0 Å². The van der Waals surface area contributed by atoms with Gasteiger partial charge in [0.05, 0.1) is 13.0 Å². The maximum Gasteiger partial charge on any atom is 0.310 e. The highest BCUT2D eigenvalue weighted by Gasteiger charge is 2.48. The Morgan fingerprint density at radius 3 is 2.67 bits per heavy atom. The van der Waals surface area contributed by atoms with Gasteiger partial charge in [0, 0.05) is 6.54 Å². The van der Waals surface area contributed by atoms with Crippen LogP contribution in [0.4, 0.5) is 0 Å². The van der Waals surface area contributed by atoms with Crippen molar-refractivity contribution in [1.29, 1.82) is 0 Å². The monoisotopic (exact) mass is 291 g/mol. The highest BCUT2D eigenvalue weighted by Crippen LogP contribution is 2.33. The van der Waals surface area contributed by atoms with Gasteiger partial charge in [0.2, 0.25) is 0 Å². The first-order chi connectivity index (χ1) is 9.96. The van der Waals surface area contributed by atoms with Gasteiger partial charge in [-0.25, -0.2) is 0 Å². The maximum absolute atomic E-state index is 12.3. The standard InChI is InChI=1S/C16H21NO4/c1-4-20-14(18)10-16(3)17(15(19)12(2)21-16)11-13-8-6-5-7-9-13/h5-9,12H,4,10-11H2,1-3H3/t12-,16+/m0/s1. The average molecular weight is 291 g/mol. The first-order valence-corrected chi connectivity index (χ1v) is 7.15. The Morgan fingerprint density at radius 1 is 1.38 bits per heavy atom. The van der Waals surface area contributed by atoms with Crippen molar-refractivity contribution < 1.29 is 19.1 Å². The van der Waals surface area contributed by atoms with Crippen LogP contribution >= 0.6 is 0 Å². The summed E-state index contributed by atoms with van der Waals surface area (Å²) in [5.41, 5.74) is 0.0390. The molecule has 0 aromatic heterocycles. The summed E-state index contributed by atoms with van der Waals surface area (Å²) in [5, 5.41) is 0. The lowest BCUT2D eigenvalue weighted by molar-refractivity contribution is -0.158. The quantitative estimate of drug-likeness (QED) is 0.780. The molecule has 21 heavy (non-hydrogen) atoms. The minimum atomic E-state index is -0.960. The third kappa shape index (κ3) is 3.42. The molecule has 2 rings (SSSR count). The number of hydrogen-bond acceptors (Lipinski definition) is 4. The fraction of sp³-hybridized carbons (Fsp3) is 0.500. The predicted octanol–water partition coefficient (Wildman–Crippen LogP) is 2.10. The fourth-order valence-corrected chi connectivity index (χ4v) is 2.58. The van der Waals surface area contributed by atoms with Crippen LogP contribution in [0.2, 0.25) is 0 Å². The molecule has 0 unspecified atom stereocenters. The van der Waals surface area contributed by atoms with Gasteiger partial charge in [0.25, 0.3) is 5.91 Å². The van der Waals surface area contributed by atoms with Crippen molar-refractivity contribution in [2.45, 2.75) is 45.6 Å². The molecular formula is C16H21NO4. The second-order valence-corrected chi connectivity index (χ2v) is 5.33. The second kappa shape index (κ2) is 6.26. The third-order valence-corrected chi connectivity index (χ3v) is 3.58. The number of rotatable bonds is 5. The van der Waals surface area contributed by atoms with E-state index in [0.29, 0.717) is 13.2 Å². The molecule has 1 aromatic rings. The Hall–Kier alpha value is -1.88. The summed E-state index contributed by atoms with van der Waals surface area (Å²) in [6.45, 7) is 5.95. The van der Waals surface area contributed by atoms with E-state index in [1.807, 2.05) is 30.3 Å². The number of carbonyl (C=O) groups excluding carboxylic acids is 2. The Labute approximate surface area is 124 Å². The molecule has 5 heteroatoms. The van der Waals surface area contributed by atoms with Crippen LogP contribution in [0.3, 0.4) is 0 Å². The van der Waals surface area contributed by atoms with Crippen molar-refractivity contribution in [3.63, 3.8) is 0 Å². The van der Waals surface area contributed by atoms with E-state index in [4.69, 9.17) is 9.47 Å². The number of nitrogens with zero attached hydrogens (tertiary/aromatic N) is 1. The molecule has 1 amide bonds. The maximum atomic E-state index is 12.3. The number of hydrogen-bond donors (Lipinski definition) is 0. The minimum Gasteiger partial charge on any atom is -0.466 e. The summed E-state index contributed by atoms with van der Waals surface area (Å²) in [7, 11) is 0. The molecule has 1 aromatic carbocycles. The smallest absolute Gasteiger partial charge is 0.310 e. The fourth-order valence-electron chi connectivity index (χ4n) is 2.58. The van der Waals surface area contributed by atoms with Crippen LogP contribution in [0.15, 0.2) is 30.3 Å². The van der Waals surface area contributed by atoms with Gasteiger partial charge in [-0.3, -0.25) is 9.59 Å². The van der Waals surface area contributed by atoms with Crippen molar-refractivity contribution in [3.05, 3.63) is 35.9 Å². The molecule has 1 aliphatic rings. The van der Waals surface area contributed by atoms with Crippen LogP contribution in [0.1, 0.15) is 32.8 Å². The molecule has 0 radical (unpaired) electrons. The largest absolute Gasteiger partial charge is 0.466 e.